The standard InChI is InChI=1S/C26H21F3N2O5/c1-15(2)35-19-9-3-6-16(12-19)23(32)21-22(17-7-5-11-30-14-17)31(25(34)24(21)33)18-8-4-10-20(13-18)36-26(27,28)29/h3-15,22,32H,1-2H3/b23-21+. The van der Waals surface area contributed by atoms with E-state index in [0.29, 0.717) is 11.3 Å². The highest BCUT2D eigenvalue weighted by Gasteiger charge is 2.47. The number of hydrogen-bond acceptors (Lipinski definition) is 6. The molecule has 4 rings (SSSR count). The fraction of sp³-hybridized carbons (Fsp3) is 0.192. The van der Waals surface area contributed by atoms with Crippen LogP contribution < -0.4 is 14.4 Å². The largest absolute Gasteiger partial charge is 0.573 e. The number of nitrogens with zero attached hydrogens (tertiary/aromatic N) is 2. The van der Waals surface area contributed by atoms with Crippen LogP contribution in [0.1, 0.15) is 31.0 Å². The summed E-state index contributed by atoms with van der Waals surface area (Å²) in [6.45, 7) is 3.66. The summed E-state index contributed by atoms with van der Waals surface area (Å²) in [6, 6.07) is 13.1. The maximum atomic E-state index is 13.2. The molecule has 0 spiro atoms. The molecule has 7 nitrogen and oxygen atoms in total. The molecule has 36 heavy (non-hydrogen) atoms. The van der Waals surface area contributed by atoms with Crippen LogP contribution in [0.15, 0.2) is 78.6 Å². The van der Waals surface area contributed by atoms with E-state index in [1.54, 1.807) is 30.3 Å². The smallest absolute Gasteiger partial charge is 0.507 e. The van der Waals surface area contributed by atoms with Gasteiger partial charge in [0.15, 0.2) is 0 Å². The van der Waals surface area contributed by atoms with E-state index in [2.05, 4.69) is 9.72 Å². The zero-order valence-corrected chi connectivity index (χ0v) is 19.2. The molecule has 0 aliphatic carbocycles. The summed E-state index contributed by atoms with van der Waals surface area (Å²) in [5.74, 6) is -2.60. The van der Waals surface area contributed by atoms with Crippen molar-refractivity contribution in [3.63, 3.8) is 0 Å². The molecule has 2 aromatic carbocycles. The summed E-state index contributed by atoms with van der Waals surface area (Å²) >= 11 is 0. The number of aliphatic hydroxyl groups is 1. The van der Waals surface area contributed by atoms with Crippen LogP contribution in [0, 0.1) is 0 Å². The molecule has 1 aliphatic rings. The molecule has 1 unspecified atom stereocenters. The van der Waals surface area contributed by atoms with Gasteiger partial charge in [0.05, 0.1) is 17.7 Å². The number of alkyl halides is 3. The van der Waals surface area contributed by atoms with Gasteiger partial charge in [-0.15, -0.1) is 13.2 Å². The molecule has 0 saturated carbocycles. The van der Waals surface area contributed by atoms with Gasteiger partial charge < -0.3 is 14.6 Å². The normalized spacial score (nSPS) is 17.5. The number of halogens is 3. The van der Waals surface area contributed by atoms with Gasteiger partial charge in [-0.1, -0.05) is 24.3 Å². The van der Waals surface area contributed by atoms with Crippen LogP contribution in [0.25, 0.3) is 5.76 Å². The molecule has 3 aromatic rings. The van der Waals surface area contributed by atoms with E-state index >= 15 is 0 Å². The van der Waals surface area contributed by atoms with E-state index in [4.69, 9.17) is 4.74 Å². The van der Waals surface area contributed by atoms with Gasteiger partial charge in [-0.25, -0.2) is 0 Å². The van der Waals surface area contributed by atoms with Gasteiger partial charge in [0.1, 0.15) is 17.3 Å². The zero-order chi connectivity index (χ0) is 26.0. The molecule has 0 bridgehead atoms. The molecular formula is C26H21F3N2O5. The fourth-order valence-electron chi connectivity index (χ4n) is 3.93. The van der Waals surface area contributed by atoms with Gasteiger partial charge in [-0.3, -0.25) is 19.5 Å². The van der Waals surface area contributed by atoms with Gasteiger partial charge in [-0.2, -0.15) is 0 Å². The summed E-state index contributed by atoms with van der Waals surface area (Å²) < 4.78 is 48.0. The van der Waals surface area contributed by atoms with E-state index in [1.807, 2.05) is 13.8 Å². The van der Waals surface area contributed by atoms with Crippen molar-refractivity contribution in [2.24, 2.45) is 0 Å². The van der Waals surface area contributed by atoms with Crippen LogP contribution in [0.2, 0.25) is 0 Å². The highest BCUT2D eigenvalue weighted by molar-refractivity contribution is 6.51. The van der Waals surface area contributed by atoms with Crippen molar-refractivity contribution in [3.05, 3.63) is 89.8 Å². The van der Waals surface area contributed by atoms with Crippen LogP contribution in [-0.2, 0) is 9.59 Å². The Balaban J connectivity index is 1.86. The monoisotopic (exact) mass is 498 g/mol. The van der Waals surface area contributed by atoms with Gasteiger partial charge in [0.2, 0.25) is 0 Å². The Kier molecular flexibility index (Phi) is 6.69. The summed E-state index contributed by atoms with van der Waals surface area (Å²) in [5, 5.41) is 11.2. The number of Topliss-reactive ketones (excluding diaryl/α,β-unsaturated/α-hetero) is 1. The third-order valence-electron chi connectivity index (χ3n) is 5.25. The number of ketones is 1. The fourth-order valence-corrected chi connectivity index (χ4v) is 3.93. The predicted molar refractivity (Wildman–Crippen MR) is 124 cm³/mol. The summed E-state index contributed by atoms with van der Waals surface area (Å²) in [4.78, 5) is 31.4. The van der Waals surface area contributed by atoms with Crippen molar-refractivity contribution in [1.82, 2.24) is 4.98 Å². The van der Waals surface area contributed by atoms with E-state index in [9.17, 15) is 27.9 Å². The first-order valence-electron chi connectivity index (χ1n) is 10.9. The van der Waals surface area contributed by atoms with Crippen LogP contribution >= 0.6 is 0 Å². The Morgan fingerprint density at radius 1 is 1.03 bits per heavy atom. The van der Waals surface area contributed by atoms with E-state index in [1.165, 1.54) is 30.6 Å². The molecule has 1 saturated heterocycles. The van der Waals surface area contributed by atoms with Gasteiger partial charge >= 0.3 is 6.36 Å². The Morgan fingerprint density at radius 2 is 1.75 bits per heavy atom. The molecule has 1 fully saturated rings. The average Bonchev–Trinajstić information content (AvgIpc) is 3.08. The van der Waals surface area contributed by atoms with Crippen LogP contribution in [0.3, 0.4) is 0 Å². The van der Waals surface area contributed by atoms with Crippen LogP contribution in [0.4, 0.5) is 18.9 Å². The second-order valence-electron chi connectivity index (χ2n) is 8.20. The number of anilines is 1. The number of amides is 1. The lowest BCUT2D eigenvalue weighted by Gasteiger charge is -2.25. The molecule has 1 aromatic heterocycles. The topological polar surface area (TPSA) is 89.0 Å². The van der Waals surface area contributed by atoms with Crippen LogP contribution in [-0.4, -0.2) is 34.2 Å². The first kappa shape index (κ1) is 24.8. The van der Waals surface area contributed by atoms with E-state index in [-0.39, 0.29) is 22.9 Å². The summed E-state index contributed by atoms with van der Waals surface area (Å²) in [5.41, 5.74) is 0.338. The van der Waals surface area contributed by atoms with Gasteiger partial charge in [0.25, 0.3) is 11.7 Å². The lowest BCUT2D eigenvalue weighted by molar-refractivity contribution is -0.274. The number of ether oxygens (including phenoxy) is 2. The average molecular weight is 498 g/mol. The molecule has 1 amide bonds. The SMILES string of the molecule is CC(C)Oc1cccc(/C(O)=C2\C(=O)C(=O)N(c3cccc(OC(F)(F)F)c3)C2c2cccnc2)c1. The van der Waals surface area contributed by atoms with Crippen molar-refractivity contribution >= 4 is 23.1 Å². The first-order valence-corrected chi connectivity index (χ1v) is 10.9. The number of rotatable bonds is 6. The maximum absolute atomic E-state index is 13.2. The second-order valence-corrected chi connectivity index (χ2v) is 8.20. The van der Waals surface area contributed by atoms with Crippen molar-refractivity contribution in [3.8, 4) is 11.5 Å². The first-order chi connectivity index (χ1) is 17.0. The molecule has 0 radical (unpaired) electrons. The highest BCUT2D eigenvalue weighted by Crippen LogP contribution is 2.43. The number of carbonyl (C=O) groups is 2. The zero-order valence-electron chi connectivity index (χ0n) is 19.2. The van der Waals surface area contributed by atoms with Crippen molar-refractivity contribution in [2.75, 3.05) is 4.90 Å². The maximum Gasteiger partial charge on any atom is 0.573 e. The molecule has 1 atom stereocenters. The lowest BCUT2D eigenvalue weighted by Crippen LogP contribution is -2.29. The predicted octanol–water partition coefficient (Wildman–Crippen LogP) is 5.39. The number of pyridine rings is 1. The van der Waals surface area contributed by atoms with Crippen molar-refractivity contribution < 1.29 is 37.3 Å². The van der Waals surface area contributed by atoms with Gasteiger partial charge in [-0.05, 0) is 49.7 Å². The molecular weight excluding hydrogens is 477 g/mol. The minimum atomic E-state index is -4.95. The van der Waals surface area contributed by atoms with E-state index < -0.39 is 35.6 Å². The lowest BCUT2D eigenvalue weighted by atomic mass is 9.96. The number of aliphatic hydroxyl groups excluding tert-OH is 1. The number of benzene rings is 2. The second kappa shape index (κ2) is 9.73. The minimum absolute atomic E-state index is 0.0244. The molecule has 1 aliphatic heterocycles. The Labute approximate surface area is 204 Å². The van der Waals surface area contributed by atoms with Crippen molar-refractivity contribution in [1.29, 1.82) is 0 Å². The van der Waals surface area contributed by atoms with E-state index in [0.717, 1.165) is 17.0 Å². The Bertz CT molecular complexity index is 1320. The van der Waals surface area contributed by atoms with Crippen molar-refractivity contribution in [2.45, 2.75) is 32.4 Å². The molecule has 186 valence electrons. The number of carbonyl (C=O) groups excluding carboxylic acids is 2. The Morgan fingerprint density at radius 3 is 2.42 bits per heavy atom. The third kappa shape index (κ3) is 5.17. The third-order valence-corrected chi connectivity index (χ3v) is 5.25. The molecule has 1 N–H and O–H groups in total. The number of aromatic nitrogens is 1. The summed E-state index contributed by atoms with van der Waals surface area (Å²) in [7, 11) is 0. The highest BCUT2D eigenvalue weighted by atomic mass is 19.4. The quantitative estimate of drug-likeness (QED) is 0.278. The van der Waals surface area contributed by atoms with Crippen LogP contribution in [0.5, 0.6) is 11.5 Å². The molecule has 2 heterocycles. The minimum Gasteiger partial charge on any atom is -0.507 e. The van der Waals surface area contributed by atoms with Gasteiger partial charge in [0, 0.05) is 29.7 Å². The summed E-state index contributed by atoms with van der Waals surface area (Å²) in [6.07, 6.45) is -2.20. The Hall–Kier alpha value is -4.34. The molecule has 10 heteroatoms. The number of hydrogen-bond donors (Lipinski definition) is 1.